The van der Waals surface area contributed by atoms with Crippen LogP contribution in [0.25, 0.3) is 11.1 Å². The van der Waals surface area contributed by atoms with Crippen LogP contribution in [0.4, 0.5) is 0 Å². The highest BCUT2D eigenvalue weighted by atomic mass is 16.4. The van der Waals surface area contributed by atoms with Gasteiger partial charge in [-0.1, -0.05) is 6.07 Å². The van der Waals surface area contributed by atoms with Crippen LogP contribution in [0.15, 0.2) is 27.4 Å². The summed E-state index contributed by atoms with van der Waals surface area (Å²) in [6.45, 7) is 0.108. The third-order valence-corrected chi connectivity index (χ3v) is 2.26. The van der Waals surface area contributed by atoms with E-state index in [9.17, 15) is 4.79 Å². The van der Waals surface area contributed by atoms with Crippen molar-refractivity contribution >= 4 is 11.1 Å². The monoisotopic (exact) mass is 193 g/mol. The molecule has 2 aromatic rings. The summed E-state index contributed by atoms with van der Waals surface area (Å²) in [6, 6.07) is 5.46. The van der Waals surface area contributed by atoms with Gasteiger partial charge in [-0.15, -0.1) is 0 Å². The summed E-state index contributed by atoms with van der Waals surface area (Å²) in [5.74, 6) is -0.360. The van der Waals surface area contributed by atoms with E-state index in [1.807, 2.05) is 12.1 Å². The second-order valence-electron chi connectivity index (χ2n) is 3.20. The summed E-state index contributed by atoms with van der Waals surface area (Å²) in [7, 11) is 1.66. The van der Waals surface area contributed by atoms with Crippen molar-refractivity contribution in [2.45, 2.75) is 6.42 Å². The maximum Gasteiger partial charge on any atom is 0.419 e. The van der Waals surface area contributed by atoms with E-state index in [0.29, 0.717) is 12.0 Å². The van der Waals surface area contributed by atoms with Crippen LogP contribution >= 0.6 is 0 Å². The first-order valence-corrected chi connectivity index (χ1v) is 4.41. The first-order chi connectivity index (χ1) is 6.72. The van der Waals surface area contributed by atoms with Gasteiger partial charge in [-0.25, -0.2) is 4.79 Å². The molecular formula is C10H11NO3. The maximum atomic E-state index is 11.2. The van der Waals surface area contributed by atoms with Crippen molar-refractivity contribution in [2.75, 3.05) is 6.61 Å². The summed E-state index contributed by atoms with van der Waals surface area (Å²) in [5, 5.41) is 8.77. The lowest BCUT2D eigenvalue weighted by atomic mass is 10.1. The third kappa shape index (κ3) is 1.33. The van der Waals surface area contributed by atoms with Gasteiger partial charge in [-0.3, -0.25) is 4.57 Å². The van der Waals surface area contributed by atoms with E-state index < -0.39 is 0 Å². The molecule has 1 heterocycles. The molecule has 0 spiro atoms. The van der Waals surface area contributed by atoms with Gasteiger partial charge in [0.15, 0.2) is 5.58 Å². The molecule has 1 aromatic carbocycles. The quantitative estimate of drug-likeness (QED) is 0.762. The lowest BCUT2D eigenvalue weighted by Crippen LogP contribution is -2.08. The lowest BCUT2D eigenvalue weighted by molar-refractivity contribution is 0.299. The Labute approximate surface area is 80.4 Å². The minimum atomic E-state index is -0.360. The van der Waals surface area contributed by atoms with Gasteiger partial charge < -0.3 is 9.52 Å². The molecule has 74 valence electrons. The summed E-state index contributed by atoms with van der Waals surface area (Å²) in [4.78, 5) is 11.2. The van der Waals surface area contributed by atoms with Crippen LogP contribution in [0.1, 0.15) is 5.56 Å². The maximum absolute atomic E-state index is 11.2. The normalized spacial score (nSPS) is 11.0. The summed E-state index contributed by atoms with van der Waals surface area (Å²) >= 11 is 0. The highest BCUT2D eigenvalue weighted by Gasteiger charge is 2.05. The zero-order chi connectivity index (χ0) is 10.1. The van der Waals surface area contributed by atoms with Crippen molar-refractivity contribution in [3.63, 3.8) is 0 Å². The number of nitrogens with zero attached hydrogens (tertiary/aromatic N) is 1. The van der Waals surface area contributed by atoms with Gasteiger partial charge in [-0.05, 0) is 24.1 Å². The van der Waals surface area contributed by atoms with Gasteiger partial charge in [0.1, 0.15) is 0 Å². The van der Waals surface area contributed by atoms with Crippen molar-refractivity contribution in [1.29, 1.82) is 0 Å². The van der Waals surface area contributed by atoms with E-state index in [1.54, 1.807) is 13.1 Å². The lowest BCUT2D eigenvalue weighted by Gasteiger charge is -1.97. The Balaban J connectivity index is 2.63. The molecule has 2 rings (SSSR count). The molecule has 0 saturated heterocycles. The Morgan fingerprint density at radius 2 is 2.29 bits per heavy atom. The van der Waals surface area contributed by atoms with E-state index in [-0.39, 0.29) is 12.4 Å². The number of fused-ring (bicyclic) bond motifs is 1. The van der Waals surface area contributed by atoms with Gasteiger partial charge in [0.05, 0.1) is 5.52 Å². The minimum absolute atomic E-state index is 0.108. The van der Waals surface area contributed by atoms with Crippen LogP contribution < -0.4 is 5.76 Å². The number of hydrogen-bond donors (Lipinski definition) is 1. The first-order valence-electron chi connectivity index (χ1n) is 4.41. The molecule has 0 atom stereocenters. The van der Waals surface area contributed by atoms with E-state index in [0.717, 1.165) is 11.1 Å². The van der Waals surface area contributed by atoms with Crippen molar-refractivity contribution in [3.8, 4) is 0 Å². The number of aliphatic hydroxyl groups excluding tert-OH is 1. The number of oxazole rings is 1. The molecule has 1 N–H and O–H groups in total. The number of hydrogen-bond acceptors (Lipinski definition) is 3. The molecule has 4 nitrogen and oxygen atoms in total. The SMILES string of the molecule is Cn1c(=O)oc2ccc(CCO)cc21. The van der Waals surface area contributed by atoms with Crippen LogP contribution in [0.2, 0.25) is 0 Å². The molecule has 0 radical (unpaired) electrons. The second kappa shape index (κ2) is 3.31. The number of aryl methyl sites for hydroxylation is 1. The predicted molar refractivity (Wildman–Crippen MR) is 52.2 cm³/mol. The Kier molecular flexibility index (Phi) is 2.13. The predicted octanol–water partition coefficient (Wildman–Crippen LogP) is 0.666. The molecule has 4 heteroatoms. The van der Waals surface area contributed by atoms with Gasteiger partial charge in [-0.2, -0.15) is 0 Å². The van der Waals surface area contributed by atoms with Crippen LogP contribution in [0.5, 0.6) is 0 Å². The number of rotatable bonds is 2. The Hall–Kier alpha value is -1.55. The average Bonchev–Trinajstić information content (AvgIpc) is 2.45. The summed E-state index contributed by atoms with van der Waals surface area (Å²) in [5.41, 5.74) is 2.34. The number of aromatic nitrogens is 1. The van der Waals surface area contributed by atoms with Crippen molar-refractivity contribution in [1.82, 2.24) is 4.57 Å². The molecule has 0 saturated carbocycles. The minimum Gasteiger partial charge on any atom is -0.408 e. The molecular weight excluding hydrogens is 182 g/mol. The smallest absolute Gasteiger partial charge is 0.408 e. The first kappa shape index (κ1) is 9.02. The number of aliphatic hydroxyl groups is 1. The van der Waals surface area contributed by atoms with Crippen molar-refractivity contribution in [3.05, 3.63) is 34.3 Å². The molecule has 0 aliphatic heterocycles. The molecule has 0 bridgehead atoms. The van der Waals surface area contributed by atoms with Crippen LogP contribution in [0, 0.1) is 0 Å². The Bertz CT molecular complexity index is 510. The van der Waals surface area contributed by atoms with Crippen molar-refractivity contribution in [2.24, 2.45) is 7.05 Å². The molecule has 1 aromatic heterocycles. The van der Waals surface area contributed by atoms with Gasteiger partial charge in [0.25, 0.3) is 0 Å². The number of benzene rings is 1. The fraction of sp³-hybridized carbons (Fsp3) is 0.300. The van der Waals surface area contributed by atoms with E-state index in [4.69, 9.17) is 9.52 Å². The highest BCUT2D eigenvalue weighted by molar-refractivity contribution is 5.73. The van der Waals surface area contributed by atoms with Gasteiger partial charge in [0.2, 0.25) is 0 Å². The van der Waals surface area contributed by atoms with Gasteiger partial charge >= 0.3 is 5.76 Å². The Morgan fingerprint density at radius 1 is 1.50 bits per heavy atom. The van der Waals surface area contributed by atoms with Crippen molar-refractivity contribution < 1.29 is 9.52 Å². The molecule has 0 fully saturated rings. The van der Waals surface area contributed by atoms with Gasteiger partial charge in [0, 0.05) is 13.7 Å². The van der Waals surface area contributed by atoms with E-state index >= 15 is 0 Å². The standard InChI is InChI=1S/C10H11NO3/c1-11-8-6-7(4-5-12)2-3-9(8)14-10(11)13/h2-3,6,12H,4-5H2,1H3. The average molecular weight is 193 g/mol. The van der Waals surface area contributed by atoms with Crippen LogP contribution in [0.3, 0.4) is 0 Å². The van der Waals surface area contributed by atoms with Crippen LogP contribution in [-0.4, -0.2) is 16.3 Å². The zero-order valence-electron chi connectivity index (χ0n) is 7.86. The fourth-order valence-electron chi connectivity index (χ4n) is 1.46. The van der Waals surface area contributed by atoms with E-state index in [2.05, 4.69) is 0 Å². The highest BCUT2D eigenvalue weighted by Crippen LogP contribution is 2.14. The van der Waals surface area contributed by atoms with E-state index in [1.165, 1.54) is 4.57 Å². The summed E-state index contributed by atoms with van der Waals surface area (Å²) in [6.07, 6.45) is 0.593. The molecule has 0 aliphatic rings. The molecule has 0 aliphatic carbocycles. The third-order valence-electron chi connectivity index (χ3n) is 2.26. The molecule has 14 heavy (non-hydrogen) atoms. The molecule has 0 unspecified atom stereocenters. The summed E-state index contributed by atoms with van der Waals surface area (Å²) < 4.78 is 6.43. The second-order valence-corrected chi connectivity index (χ2v) is 3.20. The Morgan fingerprint density at radius 3 is 3.00 bits per heavy atom. The largest absolute Gasteiger partial charge is 0.419 e. The zero-order valence-corrected chi connectivity index (χ0v) is 7.86. The van der Waals surface area contributed by atoms with Crippen LogP contribution in [-0.2, 0) is 13.5 Å². The topological polar surface area (TPSA) is 55.4 Å². The molecule has 0 amide bonds. The fourth-order valence-corrected chi connectivity index (χ4v) is 1.46.